The average molecular weight is 170 g/mol. The molecule has 3 heteroatoms. The highest BCUT2D eigenvalue weighted by atomic mass is 16.1. The highest BCUT2D eigenvalue weighted by molar-refractivity contribution is 5.91. The van der Waals surface area contributed by atoms with Crippen molar-refractivity contribution in [3.63, 3.8) is 0 Å². The Bertz CT molecular complexity index is 195. The molecule has 0 saturated carbocycles. The molecule has 0 amide bonds. The fraction of sp³-hybridized carbons (Fsp3) is 0.667. The number of hydrazine groups is 1. The molecular formula is C9H18N2O. The van der Waals surface area contributed by atoms with Gasteiger partial charge < -0.3 is 0 Å². The van der Waals surface area contributed by atoms with Crippen molar-refractivity contribution in [2.24, 2.45) is 17.1 Å². The lowest BCUT2D eigenvalue weighted by Gasteiger charge is -2.27. The Morgan fingerprint density at radius 3 is 2.17 bits per heavy atom. The topological polar surface area (TPSA) is 69.1 Å². The largest absolute Gasteiger partial charge is 0.295 e. The van der Waals surface area contributed by atoms with Crippen molar-refractivity contribution >= 4 is 5.78 Å². The lowest BCUT2D eigenvalue weighted by molar-refractivity contribution is -0.117. The molecule has 0 saturated heterocycles. The van der Waals surface area contributed by atoms with Crippen LogP contribution in [0.15, 0.2) is 11.6 Å². The number of carbonyl (C=O) groups excluding carboxylic acids is 1. The van der Waals surface area contributed by atoms with Crippen LogP contribution in [0.5, 0.6) is 0 Å². The van der Waals surface area contributed by atoms with Crippen molar-refractivity contribution in [2.75, 3.05) is 0 Å². The highest BCUT2D eigenvalue weighted by Crippen LogP contribution is 2.32. The molecule has 1 aliphatic rings. The van der Waals surface area contributed by atoms with Gasteiger partial charge >= 0.3 is 0 Å². The maximum Gasteiger partial charge on any atom is 0.156 e. The Morgan fingerprint density at radius 2 is 1.83 bits per heavy atom. The monoisotopic (exact) mass is 170 g/mol. The van der Waals surface area contributed by atoms with Crippen LogP contribution < -0.4 is 11.7 Å². The molecule has 0 atom stereocenters. The van der Waals surface area contributed by atoms with Crippen LogP contribution in [0, 0.1) is 5.41 Å². The quantitative estimate of drug-likeness (QED) is 0.423. The lowest BCUT2D eigenvalue weighted by atomic mass is 9.77. The smallest absolute Gasteiger partial charge is 0.156 e. The number of rotatable bonds is 0. The molecule has 4 N–H and O–H groups in total. The van der Waals surface area contributed by atoms with Gasteiger partial charge in [-0.05, 0) is 24.8 Å². The zero-order valence-electron chi connectivity index (χ0n) is 8.05. The Morgan fingerprint density at radius 1 is 1.33 bits per heavy atom. The summed E-state index contributed by atoms with van der Waals surface area (Å²) in [5.41, 5.74) is 1.43. The molecule has 0 aromatic rings. The minimum Gasteiger partial charge on any atom is -0.295 e. The SMILES string of the molecule is CC1=CC(=O)CC(C)(C)C1.NN. The van der Waals surface area contributed by atoms with Crippen molar-refractivity contribution < 1.29 is 4.79 Å². The molecule has 0 aromatic carbocycles. The first kappa shape index (κ1) is 11.3. The minimum atomic E-state index is 0.204. The first-order chi connectivity index (χ1) is 5.49. The van der Waals surface area contributed by atoms with Gasteiger partial charge in [-0.15, -0.1) is 0 Å². The number of carbonyl (C=O) groups is 1. The second kappa shape index (κ2) is 4.38. The van der Waals surface area contributed by atoms with Gasteiger partial charge in [-0.1, -0.05) is 19.4 Å². The van der Waals surface area contributed by atoms with Gasteiger partial charge in [0.25, 0.3) is 0 Å². The fourth-order valence-corrected chi connectivity index (χ4v) is 1.67. The van der Waals surface area contributed by atoms with Gasteiger partial charge in [0.15, 0.2) is 5.78 Å². The van der Waals surface area contributed by atoms with Crippen LogP contribution in [0.2, 0.25) is 0 Å². The molecule has 0 heterocycles. The maximum absolute atomic E-state index is 11.0. The van der Waals surface area contributed by atoms with Gasteiger partial charge in [-0.2, -0.15) is 0 Å². The fourth-order valence-electron chi connectivity index (χ4n) is 1.67. The van der Waals surface area contributed by atoms with E-state index in [2.05, 4.69) is 25.5 Å². The van der Waals surface area contributed by atoms with Crippen molar-refractivity contribution in [1.82, 2.24) is 0 Å². The molecule has 1 aliphatic carbocycles. The van der Waals surface area contributed by atoms with Crippen LogP contribution in [0.1, 0.15) is 33.6 Å². The first-order valence-corrected chi connectivity index (χ1v) is 4.03. The second-order valence-corrected chi connectivity index (χ2v) is 3.97. The van der Waals surface area contributed by atoms with E-state index in [9.17, 15) is 4.79 Å². The maximum atomic E-state index is 11.0. The molecule has 0 spiro atoms. The normalized spacial score (nSPS) is 20.8. The molecule has 0 fully saturated rings. The molecule has 0 aromatic heterocycles. The summed E-state index contributed by atoms with van der Waals surface area (Å²) in [4.78, 5) is 11.0. The summed E-state index contributed by atoms with van der Waals surface area (Å²) in [6, 6.07) is 0. The van der Waals surface area contributed by atoms with E-state index in [4.69, 9.17) is 0 Å². The first-order valence-electron chi connectivity index (χ1n) is 4.03. The Balaban J connectivity index is 0.000000561. The number of hydrogen-bond acceptors (Lipinski definition) is 3. The number of ketones is 1. The summed E-state index contributed by atoms with van der Waals surface area (Å²) >= 11 is 0. The minimum absolute atomic E-state index is 0.204. The molecule has 70 valence electrons. The van der Waals surface area contributed by atoms with Crippen LogP contribution >= 0.6 is 0 Å². The van der Waals surface area contributed by atoms with E-state index in [0.29, 0.717) is 6.42 Å². The van der Waals surface area contributed by atoms with Gasteiger partial charge in [0, 0.05) is 6.42 Å². The average Bonchev–Trinajstić information content (AvgIpc) is 1.85. The third-order valence-electron chi connectivity index (χ3n) is 1.82. The molecular weight excluding hydrogens is 152 g/mol. The van der Waals surface area contributed by atoms with Crippen LogP contribution in [0.3, 0.4) is 0 Å². The van der Waals surface area contributed by atoms with E-state index in [1.165, 1.54) is 5.57 Å². The predicted molar refractivity (Wildman–Crippen MR) is 50.2 cm³/mol. The van der Waals surface area contributed by atoms with E-state index in [0.717, 1.165) is 6.42 Å². The van der Waals surface area contributed by atoms with Crippen LogP contribution in [-0.4, -0.2) is 5.78 Å². The molecule has 3 nitrogen and oxygen atoms in total. The Kier molecular flexibility index (Phi) is 4.13. The summed E-state index contributed by atoms with van der Waals surface area (Å²) in [7, 11) is 0. The van der Waals surface area contributed by atoms with E-state index in [-0.39, 0.29) is 11.2 Å². The van der Waals surface area contributed by atoms with E-state index in [1.54, 1.807) is 6.08 Å². The molecule has 1 rings (SSSR count). The summed E-state index contributed by atoms with van der Waals surface area (Å²) in [6.45, 7) is 6.31. The summed E-state index contributed by atoms with van der Waals surface area (Å²) in [6.07, 6.45) is 3.55. The standard InChI is InChI=1S/C9H14O.H4N2/c1-7-4-8(10)6-9(2,3)5-7;1-2/h4H,5-6H2,1-3H3;1-2H2. The van der Waals surface area contributed by atoms with Crippen LogP contribution in [0.4, 0.5) is 0 Å². The van der Waals surface area contributed by atoms with Crippen LogP contribution in [0.25, 0.3) is 0 Å². The van der Waals surface area contributed by atoms with E-state index < -0.39 is 0 Å². The Labute approximate surface area is 73.8 Å². The summed E-state index contributed by atoms with van der Waals surface area (Å²) in [5, 5.41) is 0. The molecule has 0 bridgehead atoms. The van der Waals surface area contributed by atoms with Crippen LogP contribution in [-0.2, 0) is 4.79 Å². The van der Waals surface area contributed by atoms with Crippen molar-refractivity contribution in [3.8, 4) is 0 Å². The highest BCUT2D eigenvalue weighted by Gasteiger charge is 2.25. The molecule has 0 aliphatic heterocycles. The van der Waals surface area contributed by atoms with Gasteiger partial charge in [-0.25, -0.2) is 0 Å². The van der Waals surface area contributed by atoms with Gasteiger partial charge in [0.1, 0.15) is 0 Å². The lowest BCUT2D eigenvalue weighted by Crippen LogP contribution is -2.20. The van der Waals surface area contributed by atoms with E-state index >= 15 is 0 Å². The molecule has 0 radical (unpaired) electrons. The van der Waals surface area contributed by atoms with Gasteiger partial charge in [0.05, 0.1) is 0 Å². The third-order valence-corrected chi connectivity index (χ3v) is 1.82. The van der Waals surface area contributed by atoms with Crippen molar-refractivity contribution in [3.05, 3.63) is 11.6 Å². The Hall–Kier alpha value is -0.670. The summed E-state index contributed by atoms with van der Waals surface area (Å²) < 4.78 is 0. The zero-order chi connectivity index (χ0) is 9.78. The second-order valence-electron chi connectivity index (χ2n) is 3.97. The van der Waals surface area contributed by atoms with Crippen molar-refractivity contribution in [1.29, 1.82) is 0 Å². The summed E-state index contributed by atoms with van der Waals surface area (Å²) in [5.74, 6) is 8.29. The molecule has 0 unspecified atom stereocenters. The van der Waals surface area contributed by atoms with Crippen molar-refractivity contribution in [2.45, 2.75) is 33.6 Å². The number of allylic oxidation sites excluding steroid dienone is 2. The number of nitrogens with two attached hydrogens (primary N) is 2. The predicted octanol–water partition coefficient (Wildman–Crippen LogP) is 1.14. The zero-order valence-corrected chi connectivity index (χ0v) is 8.05. The molecule has 12 heavy (non-hydrogen) atoms. The van der Waals surface area contributed by atoms with Gasteiger partial charge in [0.2, 0.25) is 0 Å². The number of hydrogen-bond donors (Lipinski definition) is 2. The van der Waals surface area contributed by atoms with Gasteiger partial charge in [-0.3, -0.25) is 16.5 Å². The van der Waals surface area contributed by atoms with E-state index in [1.807, 2.05) is 6.92 Å². The third kappa shape index (κ3) is 3.64.